The molecule has 3 rings (SSSR count). The van der Waals surface area contributed by atoms with Crippen LogP contribution in [0, 0.1) is 0 Å². The van der Waals surface area contributed by atoms with Gasteiger partial charge in [0.15, 0.2) is 0 Å². The number of nitrogens with one attached hydrogen (secondary N) is 1. The van der Waals surface area contributed by atoms with E-state index in [0.29, 0.717) is 6.04 Å². The van der Waals surface area contributed by atoms with E-state index < -0.39 is 0 Å². The van der Waals surface area contributed by atoms with E-state index in [-0.39, 0.29) is 0 Å². The third-order valence-corrected chi connectivity index (χ3v) is 3.98. The molecule has 2 aliphatic rings. The molecule has 3 heterocycles. The van der Waals surface area contributed by atoms with Crippen molar-refractivity contribution in [3.63, 3.8) is 0 Å². The van der Waals surface area contributed by atoms with E-state index in [0.717, 1.165) is 18.5 Å². The minimum Gasteiger partial charge on any atom is -0.351 e. The molecule has 0 radical (unpaired) electrons. The summed E-state index contributed by atoms with van der Waals surface area (Å²) in [6.07, 6.45) is 7.91. The average molecular weight is 220 g/mol. The Kier molecular flexibility index (Phi) is 2.59. The highest BCUT2D eigenvalue weighted by molar-refractivity contribution is 5.29. The van der Waals surface area contributed by atoms with Crippen molar-refractivity contribution in [2.24, 2.45) is 0 Å². The van der Waals surface area contributed by atoms with Crippen LogP contribution in [0.3, 0.4) is 0 Å². The predicted octanol–water partition coefficient (Wildman–Crippen LogP) is 1.55. The summed E-state index contributed by atoms with van der Waals surface area (Å²) in [5, 5.41) is 3.62. The molecule has 0 aliphatic carbocycles. The van der Waals surface area contributed by atoms with Gasteiger partial charge in [-0.2, -0.15) is 0 Å². The highest BCUT2D eigenvalue weighted by atomic mass is 15.3. The molecule has 4 nitrogen and oxygen atoms in total. The van der Waals surface area contributed by atoms with Crippen LogP contribution in [-0.2, 0) is 6.54 Å². The van der Waals surface area contributed by atoms with Gasteiger partial charge in [-0.1, -0.05) is 0 Å². The summed E-state index contributed by atoms with van der Waals surface area (Å²) in [5.74, 6) is 1.04. The van der Waals surface area contributed by atoms with E-state index in [2.05, 4.69) is 26.7 Å². The van der Waals surface area contributed by atoms with Crippen molar-refractivity contribution in [3.05, 3.63) is 12.4 Å². The number of hydrogen-bond acceptors (Lipinski definition) is 3. The van der Waals surface area contributed by atoms with Crippen LogP contribution in [0.1, 0.15) is 26.2 Å². The quantitative estimate of drug-likeness (QED) is 0.839. The first-order chi connectivity index (χ1) is 7.88. The lowest BCUT2D eigenvalue weighted by Crippen LogP contribution is -2.34. The minimum absolute atomic E-state index is 0.607. The molecule has 0 bridgehead atoms. The number of anilines is 1. The van der Waals surface area contributed by atoms with Gasteiger partial charge in [0.2, 0.25) is 5.95 Å². The van der Waals surface area contributed by atoms with Crippen molar-refractivity contribution < 1.29 is 0 Å². The Bertz CT molecular complexity index is 360. The molecular weight excluding hydrogens is 200 g/mol. The van der Waals surface area contributed by atoms with Crippen LogP contribution in [0.2, 0.25) is 0 Å². The van der Waals surface area contributed by atoms with Crippen LogP contribution in [-0.4, -0.2) is 39.6 Å². The van der Waals surface area contributed by atoms with Gasteiger partial charge in [-0.3, -0.25) is 4.90 Å². The van der Waals surface area contributed by atoms with Gasteiger partial charge in [0.05, 0.1) is 0 Å². The van der Waals surface area contributed by atoms with E-state index in [1.807, 2.05) is 12.4 Å². The second-order valence-electron chi connectivity index (χ2n) is 4.82. The maximum absolute atomic E-state index is 4.40. The monoisotopic (exact) mass is 220 g/mol. The summed E-state index contributed by atoms with van der Waals surface area (Å²) >= 11 is 0. The number of aryl methyl sites for hydroxylation is 1. The highest BCUT2D eigenvalue weighted by Gasteiger charge is 2.37. The average Bonchev–Trinajstić information content (AvgIpc) is 2.96. The predicted molar refractivity (Wildman–Crippen MR) is 64.5 cm³/mol. The second-order valence-corrected chi connectivity index (χ2v) is 4.82. The SMILES string of the molecule is CCn1ccnc1NC1CCN2CCCC12. The molecule has 1 N–H and O–H groups in total. The number of hydrogen-bond donors (Lipinski definition) is 1. The van der Waals surface area contributed by atoms with Gasteiger partial charge in [0.1, 0.15) is 0 Å². The molecule has 1 aromatic rings. The van der Waals surface area contributed by atoms with E-state index in [1.165, 1.54) is 32.4 Å². The Morgan fingerprint density at radius 2 is 2.38 bits per heavy atom. The van der Waals surface area contributed by atoms with Gasteiger partial charge in [-0.05, 0) is 32.7 Å². The van der Waals surface area contributed by atoms with Gasteiger partial charge >= 0.3 is 0 Å². The van der Waals surface area contributed by atoms with Crippen molar-refractivity contribution in [1.82, 2.24) is 14.5 Å². The molecule has 2 atom stereocenters. The van der Waals surface area contributed by atoms with Crippen LogP contribution < -0.4 is 5.32 Å². The molecule has 0 aromatic carbocycles. The first kappa shape index (κ1) is 10.1. The van der Waals surface area contributed by atoms with Crippen molar-refractivity contribution in [2.75, 3.05) is 18.4 Å². The molecule has 2 unspecified atom stereocenters. The zero-order valence-electron chi connectivity index (χ0n) is 9.89. The van der Waals surface area contributed by atoms with Crippen LogP contribution in [0.15, 0.2) is 12.4 Å². The zero-order chi connectivity index (χ0) is 11.0. The molecule has 16 heavy (non-hydrogen) atoms. The third kappa shape index (κ3) is 1.61. The fourth-order valence-electron chi connectivity index (χ4n) is 3.12. The molecule has 0 saturated carbocycles. The number of imidazole rings is 1. The van der Waals surface area contributed by atoms with Crippen LogP contribution in [0.4, 0.5) is 5.95 Å². The number of rotatable bonds is 3. The minimum atomic E-state index is 0.607. The fraction of sp³-hybridized carbons (Fsp3) is 0.750. The molecule has 2 saturated heterocycles. The number of nitrogens with zero attached hydrogens (tertiary/aromatic N) is 3. The Morgan fingerprint density at radius 1 is 1.44 bits per heavy atom. The Labute approximate surface area is 96.7 Å². The lowest BCUT2D eigenvalue weighted by Gasteiger charge is -2.21. The van der Waals surface area contributed by atoms with E-state index in [1.54, 1.807) is 0 Å². The summed E-state index contributed by atoms with van der Waals surface area (Å²) in [7, 11) is 0. The van der Waals surface area contributed by atoms with E-state index in [4.69, 9.17) is 0 Å². The smallest absolute Gasteiger partial charge is 0.203 e. The van der Waals surface area contributed by atoms with Gasteiger partial charge in [0.25, 0.3) is 0 Å². The molecule has 2 aliphatic heterocycles. The van der Waals surface area contributed by atoms with Crippen molar-refractivity contribution >= 4 is 5.95 Å². The summed E-state index contributed by atoms with van der Waals surface area (Å²) < 4.78 is 2.18. The van der Waals surface area contributed by atoms with Gasteiger partial charge in [-0.15, -0.1) is 0 Å². The molecule has 4 heteroatoms. The van der Waals surface area contributed by atoms with Crippen molar-refractivity contribution in [2.45, 2.75) is 44.8 Å². The number of aromatic nitrogens is 2. The van der Waals surface area contributed by atoms with Crippen LogP contribution in [0.25, 0.3) is 0 Å². The maximum atomic E-state index is 4.40. The molecule has 2 fully saturated rings. The maximum Gasteiger partial charge on any atom is 0.203 e. The fourth-order valence-corrected chi connectivity index (χ4v) is 3.12. The summed E-state index contributed by atoms with van der Waals surface area (Å²) in [4.78, 5) is 7.02. The second kappa shape index (κ2) is 4.09. The topological polar surface area (TPSA) is 33.1 Å². The zero-order valence-corrected chi connectivity index (χ0v) is 9.89. The summed E-state index contributed by atoms with van der Waals surface area (Å²) in [6.45, 7) is 5.70. The Hall–Kier alpha value is -1.03. The first-order valence-corrected chi connectivity index (χ1v) is 6.40. The Morgan fingerprint density at radius 3 is 3.25 bits per heavy atom. The van der Waals surface area contributed by atoms with Gasteiger partial charge < -0.3 is 9.88 Å². The normalized spacial score (nSPS) is 29.6. The molecule has 88 valence electrons. The van der Waals surface area contributed by atoms with Crippen molar-refractivity contribution in [1.29, 1.82) is 0 Å². The number of fused-ring (bicyclic) bond motifs is 1. The van der Waals surface area contributed by atoms with E-state index in [9.17, 15) is 0 Å². The standard InChI is InChI=1S/C12H20N4/c1-2-15-9-6-13-12(15)14-10-5-8-16-7-3-4-11(10)16/h6,9-11H,2-5,7-8H2,1H3,(H,13,14). The van der Waals surface area contributed by atoms with Gasteiger partial charge in [-0.25, -0.2) is 4.98 Å². The third-order valence-electron chi connectivity index (χ3n) is 3.98. The van der Waals surface area contributed by atoms with Crippen molar-refractivity contribution in [3.8, 4) is 0 Å². The summed E-state index contributed by atoms with van der Waals surface area (Å²) in [5.41, 5.74) is 0. The first-order valence-electron chi connectivity index (χ1n) is 6.40. The molecule has 0 amide bonds. The van der Waals surface area contributed by atoms with Gasteiger partial charge in [0, 0.05) is 37.6 Å². The largest absolute Gasteiger partial charge is 0.351 e. The van der Waals surface area contributed by atoms with E-state index >= 15 is 0 Å². The lowest BCUT2D eigenvalue weighted by atomic mass is 10.1. The highest BCUT2D eigenvalue weighted by Crippen LogP contribution is 2.29. The lowest BCUT2D eigenvalue weighted by molar-refractivity contribution is 0.318. The molecular formula is C12H20N4. The van der Waals surface area contributed by atoms with Crippen LogP contribution in [0.5, 0.6) is 0 Å². The molecule has 0 spiro atoms. The van der Waals surface area contributed by atoms with Crippen LogP contribution >= 0.6 is 0 Å². The Balaban J connectivity index is 1.71. The molecule has 1 aromatic heterocycles. The summed E-state index contributed by atoms with van der Waals surface area (Å²) in [6, 6.07) is 1.36.